The van der Waals surface area contributed by atoms with Gasteiger partial charge in [-0.15, -0.1) is 0 Å². The number of hydrogen-bond acceptors (Lipinski definition) is 3. The Bertz CT molecular complexity index is 677. The highest BCUT2D eigenvalue weighted by Crippen LogP contribution is 2.26. The number of nitrogens with one attached hydrogen (secondary N) is 3. The van der Waals surface area contributed by atoms with Gasteiger partial charge in [-0.25, -0.2) is 4.99 Å². The molecule has 1 saturated heterocycles. The van der Waals surface area contributed by atoms with Gasteiger partial charge in [0.05, 0.1) is 12.1 Å². The summed E-state index contributed by atoms with van der Waals surface area (Å²) < 4.78 is 5.84. The molecule has 1 aliphatic heterocycles. The molecule has 1 aromatic rings. The third-order valence-electron chi connectivity index (χ3n) is 5.61. The summed E-state index contributed by atoms with van der Waals surface area (Å²) in [7, 11) is 0. The zero-order chi connectivity index (χ0) is 19.8. The molecule has 0 bridgehead atoms. The topological polar surface area (TPSA) is 74.8 Å². The molecule has 1 amide bonds. The minimum atomic E-state index is -0.110. The van der Waals surface area contributed by atoms with Crippen molar-refractivity contribution in [2.45, 2.75) is 64.5 Å². The van der Waals surface area contributed by atoms with Crippen molar-refractivity contribution in [2.75, 3.05) is 25.0 Å². The highest BCUT2D eigenvalue weighted by molar-refractivity contribution is 5.92. The molecule has 2 fully saturated rings. The van der Waals surface area contributed by atoms with E-state index in [0.717, 1.165) is 75.4 Å². The number of rotatable bonds is 7. The Labute approximate surface area is 168 Å². The van der Waals surface area contributed by atoms with Crippen molar-refractivity contribution >= 4 is 17.6 Å². The van der Waals surface area contributed by atoms with Gasteiger partial charge < -0.3 is 20.7 Å². The van der Waals surface area contributed by atoms with E-state index in [1.807, 2.05) is 24.3 Å². The molecule has 3 N–H and O–H groups in total. The van der Waals surface area contributed by atoms with Crippen molar-refractivity contribution in [1.82, 2.24) is 10.6 Å². The zero-order valence-electron chi connectivity index (χ0n) is 17.2. The molecule has 0 radical (unpaired) electrons. The van der Waals surface area contributed by atoms with E-state index in [0.29, 0.717) is 6.54 Å². The smallest absolute Gasteiger partial charge is 0.227 e. The Hall–Kier alpha value is -2.08. The zero-order valence-corrected chi connectivity index (χ0v) is 17.2. The number of carbonyl (C=O) groups is 1. The van der Waals surface area contributed by atoms with Crippen molar-refractivity contribution in [3.8, 4) is 0 Å². The van der Waals surface area contributed by atoms with Crippen molar-refractivity contribution in [2.24, 2.45) is 10.9 Å². The maximum absolute atomic E-state index is 12.3. The molecule has 2 aliphatic rings. The molecule has 1 unspecified atom stereocenters. The third-order valence-corrected chi connectivity index (χ3v) is 5.61. The van der Waals surface area contributed by atoms with Crippen LogP contribution in [-0.2, 0) is 16.1 Å². The van der Waals surface area contributed by atoms with Crippen LogP contribution in [0.2, 0.25) is 0 Å². The summed E-state index contributed by atoms with van der Waals surface area (Å²) in [5.74, 6) is 1.11. The lowest BCUT2D eigenvalue weighted by molar-refractivity contribution is -0.119. The van der Waals surface area contributed by atoms with E-state index in [4.69, 9.17) is 9.73 Å². The third kappa shape index (κ3) is 5.96. The number of carbonyl (C=O) groups excluding carboxylic acids is 1. The van der Waals surface area contributed by atoms with E-state index in [1.165, 1.54) is 0 Å². The second-order valence-electron chi connectivity index (χ2n) is 8.12. The summed E-state index contributed by atoms with van der Waals surface area (Å²) in [6.45, 7) is 7.15. The number of benzene rings is 1. The molecule has 28 heavy (non-hydrogen) atoms. The van der Waals surface area contributed by atoms with Crippen molar-refractivity contribution in [3.63, 3.8) is 0 Å². The van der Waals surface area contributed by atoms with Crippen molar-refractivity contribution in [3.05, 3.63) is 29.8 Å². The average molecular weight is 387 g/mol. The number of amides is 1. The van der Waals surface area contributed by atoms with Gasteiger partial charge in [0.15, 0.2) is 5.96 Å². The maximum Gasteiger partial charge on any atom is 0.227 e. The molecule has 154 valence electrons. The van der Waals surface area contributed by atoms with E-state index < -0.39 is 0 Å². The first-order valence-electron chi connectivity index (χ1n) is 10.6. The van der Waals surface area contributed by atoms with Gasteiger partial charge in [-0.3, -0.25) is 4.79 Å². The van der Waals surface area contributed by atoms with Gasteiger partial charge in [-0.1, -0.05) is 25.0 Å². The lowest BCUT2D eigenvalue weighted by Gasteiger charge is -2.24. The van der Waals surface area contributed by atoms with E-state index in [1.54, 1.807) is 0 Å². The number of nitrogens with zero attached hydrogens (tertiary/aromatic N) is 1. The number of aliphatic imine (C=N–C) groups is 1. The van der Waals surface area contributed by atoms with Crippen LogP contribution in [0.1, 0.15) is 57.9 Å². The van der Waals surface area contributed by atoms with Crippen LogP contribution in [0, 0.1) is 5.92 Å². The lowest BCUT2D eigenvalue weighted by atomic mass is 10.0. The van der Waals surface area contributed by atoms with Crippen LogP contribution >= 0.6 is 0 Å². The van der Waals surface area contributed by atoms with E-state index >= 15 is 0 Å². The van der Waals surface area contributed by atoms with Crippen LogP contribution in [0.15, 0.2) is 29.3 Å². The van der Waals surface area contributed by atoms with E-state index in [2.05, 4.69) is 29.8 Å². The summed E-state index contributed by atoms with van der Waals surface area (Å²) in [5.41, 5.74) is 1.82. The number of guanidine groups is 1. The Morgan fingerprint density at radius 1 is 1.25 bits per heavy atom. The first-order chi connectivity index (χ1) is 13.6. The number of ether oxygens (including phenoxy) is 1. The SMILES string of the molecule is CCNC(=NCc1cccc(NC(=O)C2CCCC2)c1)NCC1(C)CCCO1. The molecule has 3 rings (SSSR count). The highest BCUT2D eigenvalue weighted by atomic mass is 16.5. The van der Waals surface area contributed by atoms with Crippen LogP contribution in [0.3, 0.4) is 0 Å². The summed E-state index contributed by atoms with van der Waals surface area (Å²) in [4.78, 5) is 17.0. The van der Waals surface area contributed by atoms with E-state index in [9.17, 15) is 4.79 Å². The molecule has 1 heterocycles. The first kappa shape index (κ1) is 20.6. The minimum Gasteiger partial charge on any atom is -0.373 e. The standard InChI is InChI=1S/C22H34N4O2/c1-3-23-21(25-16-22(2)12-7-13-28-22)24-15-17-8-6-11-19(14-17)26-20(27)18-9-4-5-10-18/h6,8,11,14,18H,3-5,7,9-10,12-13,15-16H2,1-2H3,(H,26,27)(H2,23,24,25). The average Bonchev–Trinajstić information content (AvgIpc) is 3.37. The predicted octanol–water partition coefficient (Wildman–Crippen LogP) is 3.44. The normalized spacial score (nSPS) is 23.0. The summed E-state index contributed by atoms with van der Waals surface area (Å²) in [6.07, 6.45) is 6.54. The first-order valence-corrected chi connectivity index (χ1v) is 10.6. The summed E-state index contributed by atoms with van der Waals surface area (Å²) >= 11 is 0. The number of hydrogen-bond donors (Lipinski definition) is 3. The van der Waals surface area contributed by atoms with Crippen molar-refractivity contribution < 1.29 is 9.53 Å². The van der Waals surface area contributed by atoms with Gasteiger partial charge >= 0.3 is 0 Å². The summed E-state index contributed by atoms with van der Waals surface area (Å²) in [5, 5.41) is 9.76. The Kier molecular flexibility index (Phi) is 7.31. The van der Waals surface area contributed by atoms with Crippen LogP contribution in [0.25, 0.3) is 0 Å². The molecule has 1 atom stereocenters. The largest absolute Gasteiger partial charge is 0.373 e. The number of anilines is 1. The Morgan fingerprint density at radius 2 is 2.07 bits per heavy atom. The molecular weight excluding hydrogens is 352 g/mol. The highest BCUT2D eigenvalue weighted by Gasteiger charge is 2.29. The van der Waals surface area contributed by atoms with Crippen LogP contribution < -0.4 is 16.0 Å². The fourth-order valence-electron chi connectivity index (χ4n) is 3.94. The monoisotopic (exact) mass is 386 g/mol. The molecule has 0 spiro atoms. The molecule has 6 heteroatoms. The second kappa shape index (κ2) is 9.92. The van der Waals surface area contributed by atoms with Gasteiger partial charge in [0.25, 0.3) is 0 Å². The predicted molar refractivity (Wildman–Crippen MR) is 113 cm³/mol. The molecule has 1 aromatic carbocycles. The summed E-state index contributed by atoms with van der Waals surface area (Å²) in [6, 6.07) is 7.98. The van der Waals surface area contributed by atoms with Gasteiger partial charge in [-0.2, -0.15) is 0 Å². The van der Waals surface area contributed by atoms with Gasteiger partial charge in [0, 0.05) is 31.3 Å². The van der Waals surface area contributed by atoms with Crippen LogP contribution in [0.4, 0.5) is 5.69 Å². The van der Waals surface area contributed by atoms with Gasteiger partial charge in [0.2, 0.25) is 5.91 Å². The molecule has 1 saturated carbocycles. The molecular formula is C22H34N4O2. The maximum atomic E-state index is 12.3. The van der Waals surface area contributed by atoms with Crippen LogP contribution in [-0.4, -0.2) is 37.2 Å². The lowest BCUT2D eigenvalue weighted by Crippen LogP contribution is -2.45. The minimum absolute atomic E-state index is 0.110. The Morgan fingerprint density at radius 3 is 2.79 bits per heavy atom. The quantitative estimate of drug-likeness (QED) is 0.496. The van der Waals surface area contributed by atoms with Crippen molar-refractivity contribution in [1.29, 1.82) is 0 Å². The second-order valence-corrected chi connectivity index (χ2v) is 8.12. The molecule has 6 nitrogen and oxygen atoms in total. The fourth-order valence-corrected chi connectivity index (χ4v) is 3.94. The van der Waals surface area contributed by atoms with E-state index in [-0.39, 0.29) is 17.4 Å². The Balaban J connectivity index is 1.56. The van der Waals surface area contributed by atoms with Crippen LogP contribution in [0.5, 0.6) is 0 Å². The van der Waals surface area contributed by atoms with Gasteiger partial charge in [-0.05, 0) is 57.2 Å². The van der Waals surface area contributed by atoms with Gasteiger partial charge in [0.1, 0.15) is 0 Å². The fraction of sp³-hybridized carbons (Fsp3) is 0.636. The molecule has 1 aliphatic carbocycles. The molecule has 0 aromatic heterocycles.